The number of nitrogens with zero attached hydrogens (tertiary/aromatic N) is 4. The van der Waals surface area contributed by atoms with Gasteiger partial charge in [0.05, 0.1) is 17.3 Å². The third-order valence-corrected chi connectivity index (χ3v) is 5.09. The third-order valence-electron chi connectivity index (χ3n) is 5.09. The van der Waals surface area contributed by atoms with Gasteiger partial charge >= 0.3 is 0 Å². The fourth-order valence-corrected chi connectivity index (χ4v) is 3.87. The van der Waals surface area contributed by atoms with Crippen molar-refractivity contribution in [3.05, 3.63) is 58.9 Å². The number of hydrogen-bond donors (Lipinski definition) is 0. The predicted molar refractivity (Wildman–Crippen MR) is 98.0 cm³/mol. The number of rotatable bonds is 4. The maximum atomic E-state index is 14.3. The number of halogens is 2. The Morgan fingerprint density at radius 3 is 2.85 bits per heavy atom. The van der Waals surface area contributed by atoms with Crippen LogP contribution in [0.1, 0.15) is 54.3 Å². The first kappa shape index (κ1) is 17.6. The Morgan fingerprint density at radius 2 is 2.11 bits per heavy atom. The van der Waals surface area contributed by atoms with E-state index in [1.54, 1.807) is 16.8 Å². The topological polar surface area (TPSA) is 50.5 Å². The molecule has 0 saturated carbocycles. The quantitative estimate of drug-likeness (QED) is 0.649. The fourth-order valence-electron chi connectivity index (χ4n) is 3.87. The molecular formula is C20H20F2N4O. The molecule has 4 rings (SSSR count). The molecule has 0 bridgehead atoms. The summed E-state index contributed by atoms with van der Waals surface area (Å²) in [5.74, 6) is -0.320. The molecule has 3 heterocycles. The summed E-state index contributed by atoms with van der Waals surface area (Å²) < 4.78 is 29.6. The third kappa shape index (κ3) is 2.97. The van der Waals surface area contributed by atoms with Crippen molar-refractivity contribution in [2.75, 3.05) is 11.4 Å². The lowest BCUT2D eigenvalue weighted by Gasteiger charge is -2.26. The number of hydrogen-bond acceptors (Lipinski definition) is 4. The van der Waals surface area contributed by atoms with E-state index in [1.165, 1.54) is 13.0 Å². The van der Waals surface area contributed by atoms with E-state index in [0.29, 0.717) is 47.7 Å². The second kappa shape index (κ2) is 6.72. The molecule has 1 saturated heterocycles. The zero-order valence-corrected chi connectivity index (χ0v) is 15.2. The minimum absolute atomic E-state index is 0.0827. The van der Waals surface area contributed by atoms with E-state index in [0.717, 1.165) is 18.6 Å². The molecule has 0 spiro atoms. The van der Waals surface area contributed by atoms with E-state index in [4.69, 9.17) is 0 Å². The first-order valence-corrected chi connectivity index (χ1v) is 9.10. The first-order valence-electron chi connectivity index (χ1n) is 9.10. The molecule has 5 nitrogen and oxygen atoms in total. The predicted octanol–water partition coefficient (Wildman–Crippen LogP) is 4.11. The van der Waals surface area contributed by atoms with Crippen molar-refractivity contribution >= 4 is 17.2 Å². The number of aromatic nitrogens is 3. The van der Waals surface area contributed by atoms with Crippen molar-refractivity contribution in [1.82, 2.24) is 14.6 Å². The average Bonchev–Trinajstić information content (AvgIpc) is 3.27. The highest BCUT2D eigenvalue weighted by Gasteiger charge is 2.30. The van der Waals surface area contributed by atoms with Crippen LogP contribution in [0.5, 0.6) is 0 Å². The molecule has 1 aliphatic rings. The lowest BCUT2D eigenvalue weighted by molar-refractivity contribution is 0.101. The van der Waals surface area contributed by atoms with Gasteiger partial charge in [0, 0.05) is 18.3 Å². The minimum atomic E-state index is -0.455. The largest absolute Gasteiger partial charge is 0.349 e. The monoisotopic (exact) mass is 370 g/mol. The number of carbonyl (C=O) groups is 1. The maximum absolute atomic E-state index is 14.3. The van der Waals surface area contributed by atoms with Crippen molar-refractivity contribution in [2.24, 2.45) is 0 Å². The van der Waals surface area contributed by atoms with Gasteiger partial charge in [-0.05, 0) is 50.5 Å². The first-order chi connectivity index (χ1) is 13.0. The Bertz CT molecular complexity index is 1030. The molecule has 0 aliphatic carbocycles. The van der Waals surface area contributed by atoms with Crippen LogP contribution in [0.2, 0.25) is 0 Å². The van der Waals surface area contributed by atoms with Crippen LogP contribution >= 0.6 is 0 Å². The van der Waals surface area contributed by atoms with Crippen LogP contribution in [-0.2, 0) is 6.42 Å². The smallest absolute Gasteiger partial charge is 0.168 e. The summed E-state index contributed by atoms with van der Waals surface area (Å²) in [6, 6.07) is 5.06. The van der Waals surface area contributed by atoms with Crippen molar-refractivity contribution < 1.29 is 13.6 Å². The van der Waals surface area contributed by atoms with Gasteiger partial charge in [0.15, 0.2) is 11.4 Å². The van der Waals surface area contributed by atoms with E-state index in [-0.39, 0.29) is 11.8 Å². The molecular weight excluding hydrogens is 350 g/mol. The lowest BCUT2D eigenvalue weighted by atomic mass is 10.0. The van der Waals surface area contributed by atoms with Gasteiger partial charge in [-0.25, -0.2) is 18.3 Å². The highest BCUT2D eigenvalue weighted by molar-refractivity contribution is 6.01. The van der Waals surface area contributed by atoms with Crippen molar-refractivity contribution in [2.45, 2.75) is 39.2 Å². The van der Waals surface area contributed by atoms with Crippen LogP contribution in [-0.4, -0.2) is 26.9 Å². The standard InChI is InChI=1S/C20H20F2N4O/c1-3-16-19(12(2)27)20-23-18(8-10-26(20)24-16)25-9-4-5-17(25)14-11-13(21)6-7-15(14)22/h6-8,10-11,17H,3-5,9H2,1-2H3/t17-/m1/s1. The SMILES string of the molecule is CCc1nn2ccc(N3CCC[C@@H]3c3cc(F)ccc3F)nc2c1C(C)=O. The molecule has 140 valence electrons. The zero-order valence-electron chi connectivity index (χ0n) is 15.2. The van der Waals surface area contributed by atoms with E-state index in [1.807, 2.05) is 11.8 Å². The number of carbonyl (C=O) groups excluding carboxylic acids is 1. The lowest BCUT2D eigenvalue weighted by Crippen LogP contribution is -2.24. The van der Waals surface area contributed by atoms with E-state index in [2.05, 4.69) is 10.1 Å². The Balaban J connectivity index is 1.80. The van der Waals surface area contributed by atoms with Crippen LogP contribution in [0.4, 0.5) is 14.6 Å². The summed E-state index contributed by atoms with van der Waals surface area (Å²) >= 11 is 0. The van der Waals surface area contributed by atoms with Crippen molar-refractivity contribution in [3.8, 4) is 0 Å². The molecule has 1 atom stereocenters. The van der Waals surface area contributed by atoms with Crippen LogP contribution < -0.4 is 4.90 Å². The zero-order chi connectivity index (χ0) is 19.1. The molecule has 0 unspecified atom stereocenters. The molecule has 1 aromatic carbocycles. The normalized spacial score (nSPS) is 17.0. The van der Waals surface area contributed by atoms with Gasteiger partial charge in [0.2, 0.25) is 0 Å². The van der Waals surface area contributed by atoms with Gasteiger partial charge in [-0.3, -0.25) is 4.79 Å². The highest BCUT2D eigenvalue weighted by atomic mass is 19.1. The van der Waals surface area contributed by atoms with Crippen molar-refractivity contribution in [1.29, 1.82) is 0 Å². The van der Waals surface area contributed by atoms with Gasteiger partial charge < -0.3 is 4.90 Å². The number of benzene rings is 1. The molecule has 3 aromatic rings. The van der Waals surface area contributed by atoms with E-state index >= 15 is 0 Å². The summed E-state index contributed by atoms with van der Waals surface area (Å²) in [6.07, 6.45) is 3.97. The molecule has 1 fully saturated rings. The van der Waals surface area contributed by atoms with Crippen LogP contribution in [0.25, 0.3) is 5.65 Å². The second-order valence-electron chi connectivity index (χ2n) is 6.80. The molecule has 27 heavy (non-hydrogen) atoms. The Hall–Kier alpha value is -2.83. The number of anilines is 1. The van der Waals surface area contributed by atoms with Gasteiger partial charge in [-0.15, -0.1) is 0 Å². The van der Waals surface area contributed by atoms with Gasteiger partial charge in [-0.1, -0.05) is 6.92 Å². The van der Waals surface area contributed by atoms with Crippen LogP contribution in [0.15, 0.2) is 30.5 Å². The van der Waals surface area contributed by atoms with E-state index in [9.17, 15) is 13.6 Å². The van der Waals surface area contributed by atoms with E-state index < -0.39 is 11.6 Å². The Morgan fingerprint density at radius 1 is 1.30 bits per heavy atom. The maximum Gasteiger partial charge on any atom is 0.168 e. The molecule has 2 aromatic heterocycles. The Labute approximate surface area is 155 Å². The molecule has 0 radical (unpaired) electrons. The summed E-state index contributed by atoms with van der Waals surface area (Å²) in [4.78, 5) is 18.7. The molecule has 7 heteroatoms. The second-order valence-corrected chi connectivity index (χ2v) is 6.80. The molecule has 1 aliphatic heterocycles. The average molecular weight is 370 g/mol. The minimum Gasteiger partial charge on any atom is -0.349 e. The summed E-state index contributed by atoms with van der Waals surface area (Å²) in [6.45, 7) is 4.14. The van der Waals surface area contributed by atoms with Gasteiger partial charge in [0.25, 0.3) is 0 Å². The molecule has 0 amide bonds. The highest BCUT2D eigenvalue weighted by Crippen LogP contribution is 2.37. The number of fused-ring (bicyclic) bond motifs is 1. The van der Waals surface area contributed by atoms with Crippen LogP contribution in [0, 0.1) is 11.6 Å². The van der Waals surface area contributed by atoms with Crippen molar-refractivity contribution in [3.63, 3.8) is 0 Å². The van der Waals surface area contributed by atoms with Crippen LogP contribution in [0.3, 0.4) is 0 Å². The molecule has 0 N–H and O–H groups in total. The number of aryl methyl sites for hydroxylation is 1. The van der Waals surface area contributed by atoms with Gasteiger partial charge in [0.1, 0.15) is 17.5 Å². The number of ketones is 1. The number of Topliss-reactive ketones (excluding diaryl/α,β-unsaturated/α-hetero) is 1. The van der Waals surface area contributed by atoms with Gasteiger partial charge in [-0.2, -0.15) is 5.10 Å². The fraction of sp³-hybridized carbons (Fsp3) is 0.350. The summed E-state index contributed by atoms with van der Waals surface area (Å²) in [5.41, 5.74) is 2.07. The summed E-state index contributed by atoms with van der Waals surface area (Å²) in [7, 11) is 0. The summed E-state index contributed by atoms with van der Waals surface area (Å²) in [5, 5.41) is 4.43. The Kier molecular flexibility index (Phi) is 4.37.